The van der Waals surface area contributed by atoms with Crippen molar-refractivity contribution in [1.82, 2.24) is 0 Å². The molecule has 14 heavy (non-hydrogen) atoms. The van der Waals surface area contributed by atoms with Gasteiger partial charge >= 0.3 is 29.6 Å². The fourth-order valence-electron chi connectivity index (χ4n) is 1.04. The minimum atomic E-state index is 0. The van der Waals surface area contributed by atoms with E-state index in [2.05, 4.69) is 0 Å². The van der Waals surface area contributed by atoms with Crippen LogP contribution in [0.3, 0.4) is 0 Å². The molecule has 0 radical (unpaired) electrons. The van der Waals surface area contributed by atoms with Gasteiger partial charge in [0, 0.05) is 0 Å². The predicted molar refractivity (Wildman–Crippen MR) is 47.0 cm³/mol. The second kappa shape index (κ2) is 6.09. The van der Waals surface area contributed by atoms with Crippen LogP contribution in [0.2, 0.25) is 0 Å². The molecule has 0 aliphatic rings. The maximum Gasteiger partial charge on any atom is 1.00 e. The summed E-state index contributed by atoms with van der Waals surface area (Å²) in [5.41, 5.74) is 0. The monoisotopic (exact) mass is 202 g/mol. The van der Waals surface area contributed by atoms with E-state index in [-0.39, 0.29) is 31.0 Å². The molecule has 0 saturated carbocycles. The Hall–Kier alpha value is -0.480. The number of hydrogen-bond acceptors (Lipinski definition) is 3. The van der Waals surface area contributed by atoms with Gasteiger partial charge < -0.3 is 15.0 Å². The van der Waals surface area contributed by atoms with Gasteiger partial charge in [0.15, 0.2) is 0 Å². The maximum absolute atomic E-state index is 5.33. The second-order valence-corrected chi connectivity index (χ2v) is 2.65. The van der Waals surface area contributed by atoms with E-state index in [0.29, 0.717) is 13.2 Å². The summed E-state index contributed by atoms with van der Waals surface area (Å²) in [5.74, 6) is 1.65. The van der Waals surface area contributed by atoms with Gasteiger partial charge in [0.1, 0.15) is 24.7 Å². The Morgan fingerprint density at radius 2 is 1.50 bits per heavy atom. The predicted octanol–water partition coefficient (Wildman–Crippen LogP) is -0.294. The Labute approximate surface area is 106 Å². The van der Waals surface area contributed by atoms with Gasteiger partial charge in [0.25, 0.3) is 0 Å². The molecule has 0 bridgehead atoms. The Morgan fingerprint density at radius 3 is 1.86 bits per heavy atom. The average Bonchev–Trinajstić information content (AvgIpc) is 2.75. The van der Waals surface area contributed by atoms with Crippen LogP contribution in [0, 0.1) is 0 Å². The fourth-order valence-corrected chi connectivity index (χ4v) is 1.04. The molecule has 0 unspecified atom stereocenters. The molecular weight excluding hydrogens is 191 g/mol. The maximum atomic E-state index is 5.33. The molecule has 4 heteroatoms. The summed E-state index contributed by atoms with van der Waals surface area (Å²) in [6, 6.07) is 7.43. The molecule has 0 amide bonds. The zero-order chi connectivity index (χ0) is 8.93. The molecule has 0 aliphatic heterocycles. The average molecular weight is 202 g/mol. The molecule has 0 N–H and O–H groups in total. The fraction of sp³-hybridized carbons (Fsp3) is 0.200. The number of ether oxygens (including phenoxy) is 1. The summed E-state index contributed by atoms with van der Waals surface area (Å²) in [5, 5.41) is 0. The van der Waals surface area contributed by atoms with E-state index in [0.717, 1.165) is 11.5 Å². The van der Waals surface area contributed by atoms with Crippen LogP contribution in [0.15, 0.2) is 45.6 Å². The Bertz CT molecular complexity index is 297. The molecule has 0 spiro atoms. The summed E-state index contributed by atoms with van der Waals surface area (Å²) in [6.45, 7) is 0.960. The molecule has 2 rings (SSSR count). The third kappa shape index (κ3) is 3.35. The standard InChI is InChI=1S/C10H10O3.Na.H/c1-3-9(12-5-1)7-11-8-10-4-2-6-13-10;;/h1-6H,7-8H2;;/q;+1;-1. The van der Waals surface area contributed by atoms with E-state index in [1.165, 1.54) is 0 Å². The molecule has 2 aromatic heterocycles. The molecule has 2 heterocycles. The Kier molecular flexibility index (Phi) is 5.04. The Morgan fingerprint density at radius 1 is 1.00 bits per heavy atom. The van der Waals surface area contributed by atoms with Crippen molar-refractivity contribution < 1.29 is 44.6 Å². The van der Waals surface area contributed by atoms with Crippen molar-refractivity contribution in [1.29, 1.82) is 0 Å². The minimum absolute atomic E-state index is 0. The van der Waals surface area contributed by atoms with Crippen LogP contribution in [0.25, 0.3) is 0 Å². The molecule has 0 fully saturated rings. The van der Waals surface area contributed by atoms with Crippen molar-refractivity contribution in [2.45, 2.75) is 13.2 Å². The van der Waals surface area contributed by atoms with Crippen LogP contribution in [-0.4, -0.2) is 0 Å². The number of hydrogen-bond donors (Lipinski definition) is 0. The SMILES string of the molecule is [H-].[Na+].c1coc(COCc2ccco2)c1. The zero-order valence-electron chi connectivity index (χ0n) is 9.10. The minimum Gasteiger partial charge on any atom is -1.00 e. The van der Waals surface area contributed by atoms with Gasteiger partial charge in [0.05, 0.1) is 12.5 Å². The van der Waals surface area contributed by atoms with Gasteiger partial charge in [-0.3, -0.25) is 0 Å². The first-order valence-corrected chi connectivity index (χ1v) is 4.07. The smallest absolute Gasteiger partial charge is 1.00 e. The summed E-state index contributed by atoms with van der Waals surface area (Å²) in [7, 11) is 0. The molecule has 0 aromatic carbocycles. The zero-order valence-corrected chi connectivity index (χ0v) is 10.1. The van der Waals surface area contributed by atoms with E-state index in [4.69, 9.17) is 13.6 Å². The Balaban J connectivity index is 0.000000980. The van der Waals surface area contributed by atoms with E-state index in [1.54, 1.807) is 12.5 Å². The first-order chi connectivity index (χ1) is 6.45. The van der Waals surface area contributed by atoms with Crippen LogP contribution in [0.1, 0.15) is 12.9 Å². The molecule has 70 valence electrons. The van der Waals surface area contributed by atoms with Crippen molar-refractivity contribution in [3.8, 4) is 0 Å². The first-order valence-electron chi connectivity index (χ1n) is 4.07. The molecule has 0 aliphatic carbocycles. The van der Waals surface area contributed by atoms with Gasteiger partial charge in [-0.15, -0.1) is 0 Å². The summed E-state index contributed by atoms with van der Waals surface area (Å²) in [6.07, 6.45) is 3.26. The quantitative estimate of drug-likeness (QED) is 0.639. The van der Waals surface area contributed by atoms with Gasteiger partial charge in [0.2, 0.25) is 0 Å². The topological polar surface area (TPSA) is 35.5 Å². The number of furan rings is 2. The summed E-state index contributed by atoms with van der Waals surface area (Å²) >= 11 is 0. The molecular formula is C10H11NaO3. The molecule has 3 nitrogen and oxygen atoms in total. The van der Waals surface area contributed by atoms with E-state index in [1.807, 2.05) is 24.3 Å². The van der Waals surface area contributed by atoms with E-state index in [9.17, 15) is 0 Å². The van der Waals surface area contributed by atoms with Crippen LogP contribution in [0.4, 0.5) is 0 Å². The van der Waals surface area contributed by atoms with Crippen molar-refractivity contribution in [2.75, 3.05) is 0 Å². The van der Waals surface area contributed by atoms with Crippen LogP contribution >= 0.6 is 0 Å². The number of rotatable bonds is 4. The normalized spacial score (nSPS) is 9.71. The van der Waals surface area contributed by atoms with Gasteiger partial charge in [-0.2, -0.15) is 0 Å². The largest absolute Gasteiger partial charge is 1.00 e. The third-order valence-corrected chi connectivity index (χ3v) is 1.65. The first kappa shape index (κ1) is 11.6. The van der Waals surface area contributed by atoms with E-state index < -0.39 is 0 Å². The molecule has 2 aromatic rings. The van der Waals surface area contributed by atoms with Crippen LogP contribution in [0.5, 0.6) is 0 Å². The van der Waals surface area contributed by atoms with Gasteiger partial charge in [-0.25, -0.2) is 0 Å². The molecule has 0 atom stereocenters. The summed E-state index contributed by atoms with van der Waals surface area (Å²) in [4.78, 5) is 0. The van der Waals surface area contributed by atoms with Crippen molar-refractivity contribution in [3.05, 3.63) is 48.3 Å². The summed E-state index contributed by atoms with van der Waals surface area (Å²) < 4.78 is 15.5. The third-order valence-electron chi connectivity index (χ3n) is 1.65. The van der Waals surface area contributed by atoms with Crippen molar-refractivity contribution in [2.24, 2.45) is 0 Å². The van der Waals surface area contributed by atoms with E-state index >= 15 is 0 Å². The van der Waals surface area contributed by atoms with Crippen LogP contribution in [-0.2, 0) is 18.0 Å². The second-order valence-electron chi connectivity index (χ2n) is 2.65. The van der Waals surface area contributed by atoms with Crippen molar-refractivity contribution >= 4 is 0 Å². The van der Waals surface area contributed by atoms with Crippen LogP contribution < -0.4 is 29.6 Å². The van der Waals surface area contributed by atoms with Gasteiger partial charge in [-0.05, 0) is 24.3 Å². The van der Waals surface area contributed by atoms with Crippen molar-refractivity contribution in [3.63, 3.8) is 0 Å². The van der Waals surface area contributed by atoms with Gasteiger partial charge in [-0.1, -0.05) is 0 Å². The molecule has 0 saturated heterocycles.